The van der Waals surface area contributed by atoms with Crippen LogP contribution in [-0.2, 0) is 11.2 Å². The first-order chi connectivity index (χ1) is 10.2. The number of carbonyl (C=O) groups is 1. The molecule has 0 spiro atoms. The Balaban J connectivity index is 1.64. The van der Waals surface area contributed by atoms with E-state index in [9.17, 15) is 9.90 Å². The summed E-state index contributed by atoms with van der Waals surface area (Å²) in [5, 5.41) is 12.5. The topological polar surface area (TPSA) is 58.6 Å². The van der Waals surface area contributed by atoms with E-state index in [1.165, 1.54) is 5.56 Å². The summed E-state index contributed by atoms with van der Waals surface area (Å²) in [6.45, 7) is 0.755. The maximum atomic E-state index is 12.0. The molecule has 1 aromatic rings. The zero-order valence-electron chi connectivity index (χ0n) is 12.1. The summed E-state index contributed by atoms with van der Waals surface area (Å²) >= 11 is 0. The molecule has 4 nitrogen and oxygen atoms in total. The fourth-order valence-electron chi connectivity index (χ4n) is 3.16. The van der Waals surface area contributed by atoms with Gasteiger partial charge in [0.2, 0.25) is 5.91 Å². The molecule has 1 saturated carbocycles. The van der Waals surface area contributed by atoms with Crippen LogP contribution in [0.3, 0.4) is 0 Å². The van der Waals surface area contributed by atoms with Crippen LogP contribution in [-0.4, -0.2) is 29.8 Å². The van der Waals surface area contributed by atoms with Crippen molar-refractivity contribution in [1.29, 1.82) is 0 Å². The first-order valence-corrected chi connectivity index (χ1v) is 7.58. The molecule has 0 bridgehead atoms. The number of aliphatic hydroxyl groups excluding tert-OH is 1. The molecule has 3 rings (SSSR count). The molecule has 1 fully saturated rings. The normalized spacial score (nSPS) is 19.5. The highest BCUT2D eigenvalue weighted by molar-refractivity contribution is 5.92. The van der Waals surface area contributed by atoms with Gasteiger partial charge in [0.1, 0.15) is 5.75 Å². The van der Waals surface area contributed by atoms with Crippen molar-refractivity contribution in [3.63, 3.8) is 0 Å². The maximum absolute atomic E-state index is 12.0. The van der Waals surface area contributed by atoms with E-state index in [1.54, 1.807) is 6.08 Å². The molecule has 1 heterocycles. The molecule has 4 heteroatoms. The number of fused-ring (bicyclic) bond motifs is 1. The number of benzene rings is 1. The lowest BCUT2D eigenvalue weighted by Gasteiger charge is -2.27. The predicted molar refractivity (Wildman–Crippen MR) is 81.1 cm³/mol. The van der Waals surface area contributed by atoms with Gasteiger partial charge in [0.15, 0.2) is 0 Å². The fraction of sp³-hybridized carbons (Fsp3) is 0.471. The Morgan fingerprint density at radius 1 is 1.38 bits per heavy atom. The molecule has 2 aliphatic rings. The molecular formula is C17H21NO3. The summed E-state index contributed by atoms with van der Waals surface area (Å²) in [5.74, 6) is 0.810. The number of hydrogen-bond acceptors (Lipinski definition) is 3. The van der Waals surface area contributed by atoms with Gasteiger partial charge >= 0.3 is 0 Å². The Morgan fingerprint density at radius 3 is 2.95 bits per heavy atom. The van der Waals surface area contributed by atoms with Crippen molar-refractivity contribution in [2.45, 2.75) is 37.6 Å². The van der Waals surface area contributed by atoms with Crippen LogP contribution >= 0.6 is 0 Å². The summed E-state index contributed by atoms with van der Waals surface area (Å²) in [6, 6.07) is 5.96. The van der Waals surface area contributed by atoms with E-state index >= 15 is 0 Å². The van der Waals surface area contributed by atoms with E-state index in [0.29, 0.717) is 0 Å². The van der Waals surface area contributed by atoms with Crippen molar-refractivity contribution in [2.24, 2.45) is 0 Å². The molecule has 1 aliphatic heterocycles. The maximum Gasteiger partial charge on any atom is 0.244 e. The Labute approximate surface area is 124 Å². The summed E-state index contributed by atoms with van der Waals surface area (Å²) in [6.07, 6.45) is 8.14. The summed E-state index contributed by atoms with van der Waals surface area (Å²) < 4.78 is 5.46. The monoisotopic (exact) mass is 287 g/mol. The quantitative estimate of drug-likeness (QED) is 0.833. The van der Waals surface area contributed by atoms with E-state index in [2.05, 4.69) is 11.4 Å². The smallest absolute Gasteiger partial charge is 0.244 e. The molecule has 0 unspecified atom stereocenters. The lowest BCUT2D eigenvalue weighted by atomic mass is 9.99. The van der Waals surface area contributed by atoms with Crippen LogP contribution in [0.25, 0.3) is 6.08 Å². The van der Waals surface area contributed by atoms with Crippen LogP contribution in [0.2, 0.25) is 0 Å². The minimum atomic E-state index is -0.410. The van der Waals surface area contributed by atoms with Gasteiger partial charge in [0, 0.05) is 12.5 Å². The molecule has 1 aromatic carbocycles. The van der Waals surface area contributed by atoms with Gasteiger partial charge in [-0.15, -0.1) is 0 Å². The first kappa shape index (κ1) is 14.1. The van der Waals surface area contributed by atoms with Gasteiger partial charge in [-0.3, -0.25) is 4.79 Å². The number of amides is 1. The zero-order valence-corrected chi connectivity index (χ0v) is 12.1. The Morgan fingerprint density at radius 2 is 2.19 bits per heavy atom. The second-order valence-electron chi connectivity index (χ2n) is 5.93. The van der Waals surface area contributed by atoms with Gasteiger partial charge in [-0.05, 0) is 42.2 Å². The molecule has 1 aliphatic carbocycles. The van der Waals surface area contributed by atoms with Crippen LogP contribution in [0.5, 0.6) is 5.75 Å². The van der Waals surface area contributed by atoms with Gasteiger partial charge in [-0.1, -0.05) is 18.9 Å². The van der Waals surface area contributed by atoms with Crippen LogP contribution < -0.4 is 10.1 Å². The van der Waals surface area contributed by atoms with Gasteiger partial charge in [0.25, 0.3) is 0 Å². The second kappa shape index (κ2) is 5.90. The Kier molecular flexibility index (Phi) is 3.97. The van der Waals surface area contributed by atoms with Crippen LogP contribution in [0.4, 0.5) is 0 Å². The summed E-state index contributed by atoms with van der Waals surface area (Å²) in [5.41, 5.74) is 1.78. The number of carbonyl (C=O) groups excluding carboxylic acids is 1. The second-order valence-corrected chi connectivity index (χ2v) is 5.93. The summed E-state index contributed by atoms with van der Waals surface area (Å²) in [7, 11) is 0. The average molecular weight is 287 g/mol. The lowest BCUT2D eigenvalue weighted by Crippen LogP contribution is -2.48. The van der Waals surface area contributed by atoms with Crippen LogP contribution in [0.15, 0.2) is 24.3 Å². The van der Waals surface area contributed by atoms with E-state index in [4.69, 9.17) is 4.74 Å². The largest absolute Gasteiger partial charge is 0.493 e. The third-order valence-corrected chi connectivity index (χ3v) is 4.39. The molecule has 21 heavy (non-hydrogen) atoms. The van der Waals surface area contributed by atoms with Gasteiger partial charge < -0.3 is 15.2 Å². The highest BCUT2D eigenvalue weighted by atomic mass is 16.5. The summed E-state index contributed by atoms with van der Waals surface area (Å²) in [4.78, 5) is 12.0. The van der Waals surface area contributed by atoms with Crippen molar-refractivity contribution in [3.05, 3.63) is 35.4 Å². The molecule has 0 radical (unpaired) electrons. The third kappa shape index (κ3) is 3.10. The number of hydrogen-bond donors (Lipinski definition) is 2. The zero-order chi connectivity index (χ0) is 14.7. The highest BCUT2D eigenvalue weighted by Crippen LogP contribution is 2.29. The van der Waals surface area contributed by atoms with E-state index in [1.807, 2.05) is 18.2 Å². The third-order valence-electron chi connectivity index (χ3n) is 4.39. The minimum absolute atomic E-state index is 0.0166. The lowest BCUT2D eigenvalue weighted by molar-refractivity contribution is -0.118. The first-order valence-electron chi connectivity index (χ1n) is 7.58. The molecule has 0 atom stereocenters. The SMILES string of the molecule is O=C(C=Cc1ccc2c(c1)CCO2)NC1(CO)CCCC1. The van der Waals surface area contributed by atoms with Gasteiger partial charge in [-0.2, -0.15) is 0 Å². The number of aliphatic hydroxyl groups is 1. The number of rotatable bonds is 4. The fourth-order valence-corrected chi connectivity index (χ4v) is 3.16. The Hall–Kier alpha value is -1.81. The number of ether oxygens (including phenoxy) is 1. The average Bonchev–Trinajstić information content (AvgIpc) is 3.14. The van der Waals surface area contributed by atoms with Gasteiger partial charge in [-0.25, -0.2) is 0 Å². The molecular weight excluding hydrogens is 266 g/mol. The van der Waals surface area contributed by atoms with Crippen molar-refractivity contribution in [2.75, 3.05) is 13.2 Å². The van der Waals surface area contributed by atoms with Crippen molar-refractivity contribution >= 4 is 12.0 Å². The van der Waals surface area contributed by atoms with Crippen molar-refractivity contribution < 1.29 is 14.6 Å². The van der Waals surface area contributed by atoms with Crippen molar-refractivity contribution in [3.8, 4) is 5.75 Å². The van der Waals surface area contributed by atoms with Gasteiger partial charge in [0.05, 0.1) is 18.8 Å². The predicted octanol–water partition coefficient (Wildman–Crippen LogP) is 2.06. The molecule has 112 valence electrons. The van der Waals surface area contributed by atoms with E-state index < -0.39 is 5.54 Å². The van der Waals surface area contributed by atoms with Crippen LogP contribution in [0.1, 0.15) is 36.8 Å². The molecule has 2 N–H and O–H groups in total. The van der Waals surface area contributed by atoms with Crippen molar-refractivity contribution in [1.82, 2.24) is 5.32 Å². The molecule has 1 amide bonds. The molecule has 0 aromatic heterocycles. The van der Waals surface area contributed by atoms with E-state index in [0.717, 1.165) is 50.0 Å². The van der Waals surface area contributed by atoms with E-state index in [-0.39, 0.29) is 12.5 Å². The standard InChI is InChI=1S/C17H21NO3/c19-12-17(8-1-2-9-17)18-16(20)6-4-13-3-5-15-14(11-13)7-10-21-15/h3-6,11,19H,1-2,7-10,12H2,(H,18,20). The highest BCUT2D eigenvalue weighted by Gasteiger charge is 2.33. The Bertz CT molecular complexity index is 559. The number of nitrogens with one attached hydrogen (secondary N) is 1. The van der Waals surface area contributed by atoms with Crippen LogP contribution in [0, 0.1) is 0 Å². The molecule has 0 saturated heterocycles. The minimum Gasteiger partial charge on any atom is -0.493 e.